The molecule has 0 saturated carbocycles. The molecule has 2 aromatic rings. The average Bonchev–Trinajstić information content (AvgIpc) is 2.66. The van der Waals surface area contributed by atoms with Gasteiger partial charge in [0, 0.05) is 16.5 Å². The molecule has 0 N–H and O–H groups in total. The predicted octanol–water partition coefficient (Wildman–Crippen LogP) is 9.89. The van der Waals surface area contributed by atoms with Crippen LogP contribution in [0.3, 0.4) is 0 Å². The molecule has 0 saturated heterocycles. The quantitative estimate of drug-likeness (QED) is 0.228. The molecule has 0 aromatic heterocycles. The topological polar surface area (TPSA) is 0 Å². The van der Waals surface area contributed by atoms with E-state index in [9.17, 15) is 30.7 Å². The maximum atomic E-state index is 14.8. The first-order valence-electron chi connectivity index (χ1n) is 9.00. The lowest BCUT2D eigenvalue weighted by molar-refractivity contribution is -0.330. The molecule has 1 aliphatic rings. The zero-order valence-electron chi connectivity index (χ0n) is 16.0. The van der Waals surface area contributed by atoms with Crippen LogP contribution in [0.25, 0.3) is 0 Å². The highest BCUT2D eigenvalue weighted by molar-refractivity contribution is 9.12. The minimum Gasteiger partial charge on any atom is -0.188 e. The number of hydrogen-bond acceptors (Lipinski definition) is 1. The summed E-state index contributed by atoms with van der Waals surface area (Å²) in [6.07, 6.45) is -4.17. The van der Waals surface area contributed by atoms with Gasteiger partial charge in [-0.2, -0.15) is 30.7 Å². The molecule has 3 rings (SSSR count). The summed E-state index contributed by atoms with van der Waals surface area (Å²) in [5, 5.41) is -5.39. The van der Waals surface area contributed by atoms with E-state index in [4.69, 9.17) is 23.2 Å². The Balaban J connectivity index is 2.24. The van der Waals surface area contributed by atoms with Gasteiger partial charge in [0.05, 0.1) is 9.07 Å². The molecule has 12 heteroatoms. The van der Waals surface area contributed by atoms with Crippen molar-refractivity contribution >= 4 is 66.8 Å². The first kappa shape index (κ1) is 27.2. The number of thioether (sulfide) groups is 1. The monoisotopic (exact) mass is 657 g/mol. The van der Waals surface area contributed by atoms with Crippen LogP contribution >= 0.6 is 66.8 Å². The van der Waals surface area contributed by atoms with E-state index in [0.29, 0.717) is 5.56 Å². The Morgan fingerprint density at radius 1 is 0.818 bits per heavy atom. The summed E-state index contributed by atoms with van der Waals surface area (Å²) < 4.78 is 92.8. The third-order valence-corrected chi connectivity index (χ3v) is 8.35. The van der Waals surface area contributed by atoms with Gasteiger partial charge in [-0.25, -0.2) is 0 Å². The first-order chi connectivity index (χ1) is 15.0. The molecular formula is C21H12Br2Cl2F7S. The second-order valence-corrected chi connectivity index (χ2v) is 11.8. The lowest BCUT2D eigenvalue weighted by Gasteiger charge is -2.45. The largest absolute Gasteiger partial charge is 0.460 e. The highest BCUT2D eigenvalue weighted by atomic mass is 79.9. The normalized spacial score (nSPS) is 24.5. The van der Waals surface area contributed by atoms with Gasteiger partial charge in [-0.05, 0) is 34.2 Å². The Morgan fingerprint density at radius 3 is 1.79 bits per heavy atom. The van der Waals surface area contributed by atoms with Crippen molar-refractivity contribution in [2.24, 2.45) is 0 Å². The third-order valence-electron chi connectivity index (χ3n) is 4.94. The molecule has 0 heterocycles. The second kappa shape index (κ2) is 9.22. The molecule has 0 bridgehead atoms. The fourth-order valence-electron chi connectivity index (χ4n) is 3.49. The molecule has 33 heavy (non-hydrogen) atoms. The van der Waals surface area contributed by atoms with Gasteiger partial charge in [0.1, 0.15) is 0 Å². The maximum absolute atomic E-state index is 14.8. The van der Waals surface area contributed by atoms with Crippen LogP contribution in [0.1, 0.15) is 17.5 Å². The number of hydrogen-bond donors (Lipinski definition) is 0. The minimum absolute atomic E-state index is 0.0600. The van der Waals surface area contributed by atoms with E-state index in [1.54, 1.807) is 24.6 Å². The van der Waals surface area contributed by atoms with Crippen molar-refractivity contribution in [2.75, 3.05) is 0 Å². The standard InChI is InChI=1S/C21H12Br2Cl2F7S/c22-12-9-17(23,13-5-1-3-7-15(13)24)11-18(10-12,14-6-2-4-8-16(14)25)33-21(31,32)19(26,27)20(28,29)30/h1-10H,11H2. The minimum atomic E-state index is -6.47. The van der Waals surface area contributed by atoms with E-state index in [0.717, 1.165) is 6.08 Å². The Kier molecular flexibility index (Phi) is 7.60. The van der Waals surface area contributed by atoms with Gasteiger partial charge in [0.2, 0.25) is 0 Å². The van der Waals surface area contributed by atoms with Gasteiger partial charge in [-0.3, -0.25) is 0 Å². The van der Waals surface area contributed by atoms with Crippen LogP contribution in [0.2, 0.25) is 10.0 Å². The van der Waals surface area contributed by atoms with Gasteiger partial charge in [0.15, 0.2) is 0 Å². The predicted molar refractivity (Wildman–Crippen MR) is 125 cm³/mol. The number of rotatable bonds is 5. The Labute approximate surface area is 216 Å². The fraction of sp³-hybridized carbons (Fsp3) is 0.286. The molecule has 179 valence electrons. The van der Waals surface area contributed by atoms with Crippen molar-refractivity contribution in [3.63, 3.8) is 0 Å². The molecule has 2 unspecified atom stereocenters. The lowest BCUT2D eigenvalue weighted by atomic mass is 9.78. The van der Waals surface area contributed by atoms with E-state index in [1.807, 2.05) is 0 Å². The fourth-order valence-corrected chi connectivity index (χ4v) is 8.21. The molecule has 1 radical (unpaired) electrons. The van der Waals surface area contributed by atoms with E-state index in [-0.39, 0.29) is 20.1 Å². The first-order valence-corrected chi connectivity index (χ1v) is 12.2. The summed E-state index contributed by atoms with van der Waals surface area (Å²) in [4.78, 5) is 0. The van der Waals surface area contributed by atoms with E-state index >= 15 is 0 Å². The van der Waals surface area contributed by atoms with Gasteiger partial charge >= 0.3 is 17.4 Å². The van der Waals surface area contributed by atoms with Crippen molar-refractivity contribution in [3.8, 4) is 0 Å². The van der Waals surface area contributed by atoms with E-state index in [2.05, 4.69) is 31.9 Å². The van der Waals surface area contributed by atoms with Crippen molar-refractivity contribution < 1.29 is 30.7 Å². The van der Waals surface area contributed by atoms with Crippen molar-refractivity contribution in [2.45, 2.75) is 32.8 Å². The smallest absolute Gasteiger partial charge is 0.188 e. The zero-order chi connectivity index (χ0) is 24.9. The number of benzene rings is 2. The van der Waals surface area contributed by atoms with Crippen molar-refractivity contribution in [3.05, 3.63) is 86.7 Å². The van der Waals surface area contributed by atoms with Crippen molar-refractivity contribution in [1.29, 1.82) is 0 Å². The highest BCUT2D eigenvalue weighted by Crippen LogP contribution is 2.64. The second-order valence-electron chi connectivity index (χ2n) is 7.25. The van der Waals surface area contributed by atoms with Crippen LogP contribution in [-0.4, -0.2) is 17.4 Å². The van der Waals surface area contributed by atoms with Crippen molar-refractivity contribution in [1.82, 2.24) is 0 Å². The van der Waals surface area contributed by atoms with Gasteiger partial charge in [0.25, 0.3) is 0 Å². The number of alkyl halides is 8. The summed E-state index contributed by atoms with van der Waals surface area (Å²) in [5.74, 6) is -6.31. The Bertz CT molecular complexity index is 1080. The SMILES string of the molecule is FC(F)(F)C(F)(F)C(F)(F)SC1(c2ccccc2Cl)C=C(Br)[CH]C(Br)(c2ccccc2Cl)C1. The molecular weight excluding hydrogens is 648 g/mol. The van der Waals surface area contributed by atoms with Crippen LogP contribution in [0.15, 0.2) is 59.1 Å². The summed E-state index contributed by atoms with van der Waals surface area (Å²) >= 11 is 18.4. The van der Waals surface area contributed by atoms with Gasteiger partial charge in [-0.15, -0.1) is 0 Å². The highest BCUT2D eigenvalue weighted by Gasteiger charge is 2.75. The summed E-state index contributed by atoms with van der Waals surface area (Å²) in [6, 6.07) is 11.9. The third kappa shape index (κ3) is 5.10. The van der Waals surface area contributed by atoms with Crippen LogP contribution in [-0.2, 0) is 9.07 Å². The van der Waals surface area contributed by atoms with Crippen LogP contribution in [0, 0.1) is 6.42 Å². The Hall–Kier alpha value is -0.420. The van der Waals surface area contributed by atoms with Crippen LogP contribution < -0.4 is 0 Å². The lowest BCUT2D eigenvalue weighted by Crippen LogP contribution is -2.52. The number of halogens is 11. The van der Waals surface area contributed by atoms with Gasteiger partial charge < -0.3 is 0 Å². The molecule has 0 spiro atoms. The molecule has 1 aliphatic carbocycles. The summed E-state index contributed by atoms with van der Waals surface area (Å²) in [7, 11) is 0. The van der Waals surface area contributed by atoms with Crippen LogP contribution in [0.4, 0.5) is 30.7 Å². The van der Waals surface area contributed by atoms with Gasteiger partial charge in [-0.1, -0.05) is 109 Å². The zero-order valence-corrected chi connectivity index (χ0v) is 21.5. The molecule has 0 nitrogen and oxygen atoms in total. The van der Waals surface area contributed by atoms with Crippen LogP contribution in [0.5, 0.6) is 0 Å². The summed E-state index contributed by atoms with van der Waals surface area (Å²) in [6.45, 7) is 0. The van der Waals surface area contributed by atoms with E-state index < -0.39 is 44.6 Å². The van der Waals surface area contributed by atoms with E-state index in [1.165, 1.54) is 30.3 Å². The summed E-state index contributed by atoms with van der Waals surface area (Å²) in [5.41, 5.74) is 0.342. The molecule has 0 fully saturated rings. The molecule has 2 atom stereocenters. The molecule has 0 aliphatic heterocycles. The average molecular weight is 660 g/mol. The maximum Gasteiger partial charge on any atom is 0.460 e. The number of allylic oxidation sites excluding steroid dienone is 1. The Morgan fingerprint density at radius 2 is 1.30 bits per heavy atom. The molecule has 2 aromatic carbocycles. The molecule has 0 amide bonds.